The van der Waals surface area contributed by atoms with Crippen molar-refractivity contribution in [2.24, 2.45) is 0 Å². The molecule has 0 aliphatic carbocycles. The Kier molecular flexibility index (Phi) is 6.56. The lowest BCUT2D eigenvalue weighted by molar-refractivity contribution is -0.180. The van der Waals surface area contributed by atoms with Crippen molar-refractivity contribution in [3.05, 3.63) is 29.3 Å². The minimum atomic E-state index is -1.13. The third kappa shape index (κ3) is 4.24. The van der Waals surface area contributed by atoms with Crippen LogP contribution in [0.3, 0.4) is 0 Å². The molecule has 7 nitrogen and oxygen atoms in total. The molecule has 1 saturated heterocycles. The number of rotatable bonds is 6. The van der Waals surface area contributed by atoms with Crippen molar-refractivity contribution in [1.82, 2.24) is 0 Å². The van der Waals surface area contributed by atoms with E-state index >= 15 is 0 Å². The van der Waals surface area contributed by atoms with Gasteiger partial charge in [-0.1, -0.05) is 6.07 Å². The molecule has 3 N–H and O–H groups in total. The van der Waals surface area contributed by atoms with Gasteiger partial charge >= 0.3 is 5.97 Å². The second-order valence-electron chi connectivity index (χ2n) is 5.81. The maximum atomic E-state index is 11.3. The highest BCUT2D eigenvalue weighted by atomic mass is 16.5. The molecule has 24 heavy (non-hydrogen) atoms. The van der Waals surface area contributed by atoms with Crippen LogP contribution in [0, 0.1) is 0 Å². The number of esters is 1. The largest absolute Gasteiger partial charge is 0.496 e. The highest BCUT2D eigenvalue weighted by Crippen LogP contribution is 2.37. The Bertz CT molecular complexity index is 560. The number of methoxy groups -OCH3 is 2. The lowest BCUT2D eigenvalue weighted by Crippen LogP contribution is -2.44. The summed E-state index contributed by atoms with van der Waals surface area (Å²) < 4.78 is 15.7. The average Bonchev–Trinajstić information content (AvgIpc) is 2.61. The van der Waals surface area contributed by atoms with Gasteiger partial charge in [0, 0.05) is 18.4 Å². The Morgan fingerprint density at radius 2 is 2.08 bits per heavy atom. The zero-order valence-electron chi connectivity index (χ0n) is 13.8. The molecule has 1 aliphatic heterocycles. The summed E-state index contributed by atoms with van der Waals surface area (Å²) in [4.78, 5) is 11.3. The van der Waals surface area contributed by atoms with Crippen molar-refractivity contribution in [1.29, 1.82) is 0 Å². The van der Waals surface area contributed by atoms with Crippen LogP contribution >= 0.6 is 0 Å². The molecule has 4 atom stereocenters. The zero-order chi connectivity index (χ0) is 17.7. The predicted molar refractivity (Wildman–Crippen MR) is 84.7 cm³/mol. The maximum absolute atomic E-state index is 11.3. The summed E-state index contributed by atoms with van der Waals surface area (Å²) in [6.45, 7) is -0.245. The van der Waals surface area contributed by atoms with Crippen LogP contribution in [0.2, 0.25) is 0 Å². The Morgan fingerprint density at radius 1 is 1.33 bits per heavy atom. The summed E-state index contributed by atoms with van der Waals surface area (Å²) in [6, 6.07) is 5.33. The van der Waals surface area contributed by atoms with E-state index in [1.54, 1.807) is 12.1 Å². The number of hydrogen-bond donors (Lipinski definition) is 3. The predicted octanol–water partition coefficient (Wildman–Crippen LogP) is 0.345. The molecular weight excluding hydrogens is 316 g/mol. The van der Waals surface area contributed by atoms with E-state index < -0.39 is 24.4 Å². The first kappa shape index (κ1) is 18.7. The molecular formula is C17H24O7. The van der Waals surface area contributed by atoms with Crippen molar-refractivity contribution >= 4 is 5.97 Å². The highest BCUT2D eigenvalue weighted by Gasteiger charge is 2.38. The molecule has 0 bridgehead atoms. The number of aliphatic hydroxyl groups is 3. The van der Waals surface area contributed by atoms with Gasteiger partial charge in [-0.05, 0) is 24.1 Å². The summed E-state index contributed by atoms with van der Waals surface area (Å²) in [5.74, 6) is 0.198. The van der Waals surface area contributed by atoms with Gasteiger partial charge in [0.25, 0.3) is 0 Å². The summed E-state index contributed by atoms with van der Waals surface area (Å²) >= 11 is 0. The second-order valence-corrected chi connectivity index (χ2v) is 5.81. The van der Waals surface area contributed by atoms with Crippen LogP contribution in [0.4, 0.5) is 0 Å². The molecule has 1 aromatic rings. The van der Waals surface area contributed by atoms with E-state index in [4.69, 9.17) is 9.47 Å². The lowest BCUT2D eigenvalue weighted by Gasteiger charge is -2.37. The fourth-order valence-electron chi connectivity index (χ4n) is 2.84. The third-order valence-electron chi connectivity index (χ3n) is 4.20. The average molecular weight is 340 g/mol. The molecule has 1 heterocycles. The Morgan fingerprint density at radius 3 is 2.71 bits per heavy atom. The lowest BCUT2D eigenvalue weighted by atomic mass is 9.91. The normalized spacial score (nSPS) is 26.9. The first-order chi connectivity index (χ1) is 11.5. The third-order valence-corrected chi connectivity index (χ3v) is 4.20. The van der Waals surface area contributed by atoms with Crippen LogP contribution in [-0.2, 0) is 20.7 Å². The first-order valence-electron chi connectivity index (χ1n) is 7.86. The minimum absolute atomic E-state index is 0.165. The van der Waals surface area contributed by atoms with Crippen LogP contribution in [-0.4, -0.2) is 60.4 Å². The quantitative estimate of drug-likeness (QED) is 0.642. The zero-order valence-corrected chi connectivity index (χ0v) is 13.8. The van der Waals surface area contributed by atoms with Crippen LogP contribution in [0.5, 0.6) is 5.75 Å². The number of ether oxygens (including phenoxy) is 3. The van der Waals surface area contributed by atoms with Gasteiger partial charge in [0.2, 0.25) is 0 Å². The Hall–Kier alpha value is -1.67. The SMILES string of the molecule is COC(=O)CCc1ccc(OC)c([C@H]2OC(CO)CC(O)C2O)c1. The van der Waals surface area contributed by atoms with Gasteiger partial charge in [-0.25, -0.2) is 0 Å². The topological polar surface area (TPSA) is 105 Å². The van der Waals surface area contributed by atoms with Crippen LogP contribution in [0.1, 0.15) is 30.1 Å². The van der Waals surface area contributed by atoms with Crippen molar-refractivity contribution in [3.8, 4) is 5.75 Å². The van der Waals surface area contributed by atoms with Crippen LogP contribution in [0.25, 0.3) is 0 Å². The summed E-state index contributed by atoms with van der Waals surface area (Å²) in [6.07, 6.45) is -2.63. The fourth-order valence-corrected chi connectivity index (χ4v) is 2.84. The van der Waals surface area contributed by atoms with Crippen molar-refractivity contribution < 1.29 is 34.3 Å². The van der Waals surface area contributed by atoms with Gasteiger partial charge in [-0.2, -0.15) is 0 Å². The van der Waals surface area contributed by atoms with Crippen molar-refractivity contribution in [2.45, 2.75) is 43.7 Å². The fraction of sp³-hybridized carbons (Fsp3) is 0.588. The van der Waals surface area contributed by atoms with E-state index in [0.717, 1.165) is 5.56 Å². The van der Waals surface area contributed by atoms with E-state index in [0.29, 0.717) is 17.7 Å². The molecule has 1 aromatic carbocycles. The molecule has 0 saturated carbocycles. The molecule has 1 aliphatic rings. The molecule has 2 rings (SSSR count). The smallest absolute Gasteiger partial charge is 0.305 e. The Labute approximate surface area is 140 Å². The van der Waals surface area contributed by atoms with E-state index in [2.05, 4.69) is 4.74 Å². The highest BCUT2D eigenvalue weighted by molar-refractivity contribution is 5.69. The number of aryl methyl sites for hydroxylation is 1. The molecule has 0 amide bonds. The van der Waals surface area contributed by atoms with Gasteiger partial charge in [-0.3, -0.25) is 4.79 Å². The molecule has 3 unspecified atom stereocenters. The molecule has 7 heteroatoms. The number of aliphatic hydroxyl groups excluding tert-OH is 3. The van der Waals surface area contributed by atoms with Crippen LogP contribution in [0.15, 0.2) is 18.2 Å². The first-order valence-corrected chi connectivity index (χ1v) is 7.86. The van der Waals surface area contributed by atoms with E-state index in [9.17, 15) is 20.1 Å². The van der Waals surface area contributed by atoms with E-state index in [1.807, 2.05) is 6.07 Å². The number of carbonyl (C=O) groups is 1. The maximum Gasteiger partial charge on any atom is 0.305 e. The van der Waals surface area contributed by atoms with E-state index in [-0.39, 0.29) is 25.4 Å². The molecule has 134 valence electrons. The molecule has 0 spiro atoms. The van der Waals surface area contributed by atoms with Gasteiger partial charge < -0.3 is 29.5 Å². The summed E-state index contributed by atoms with van der Waals surface area (Å²) in [5, 5.41) is 29.6. The summed E-state index contributed by atoms with van der Waals surface area (Å²) in [5.41, 5.74) is 1.43. The molecule has 0 aromatic heterocycles. The van der Waals surface area contributed by atoms with E-state index in [1.165, 1.54) is 14.2 Å². The monoisotopic (exact) mass is 340 g/mol. The van der Waals surface area contributed by atoms with Crippen molar-refractivity contribution in [3.63, 3.8) is 0 Å². The van der Waals surface area contributed by atoms with Gasteiger partial charge in [0.15, 0.2) is 0 Å². The standard InChI is InChI=1S/C17H24O7/c1-22-14-5-3-10(4-6-15(20)23-2)7-12(14)17-16(21)13(19)8-11(9-18)24-17/h3,5,7,11,13,16-19,21H,4,6,8-9H2,1-2H3/t11?,13?,16?,17-/m1/s1. The Balaban J connectivity index is 2.26. The molecule has 0 radical (unpaired) electrons. The van der Waals surface area contributed by atoms with Gasteiger partial charge in [-0.15, -0.1) is 0 Å². The van der Waals surface area contributed by atoms with Crippen LogP contribution < -0.4 is 4.74 Å². The van der Waals surface area contributed by atoms with Crippen molar-refractivity contribution in [2.75, 3.05) is 20.8 Å². The number of carbonyl (C=O) groups excluding carboxylic acids is 1. The second kappa shape index (κ2) is 8.43. The number of benzene rings is 1. The summed E-state index contributed by atoms with van der Waals surface area (Å²) in [7, 11) is 2.84. The molecule has 1 fully saturated rings. The number of hydrogen-bond acceptors (Lipinski definition) is 7. The van der Waals surface area contributed by atoms with Gasteiger partial charge in [0.1, 0.15) is 18.0 Å². The minimum Gasteiger partial charge on any atom is -0.496 e. The van der Waals surface area contributed by atoms with Gasteiger partial charge in [0.05, 0.1) is 33.0 Å².